The summed E-state index contributed by atoms with van der Waals surface area (Å²) in [5.74, 6) is 0. The van der Waals surface area contributed by atoms with Gasteiger partial charge < -0.3 is 19.5 Å². The molecule has 1 saturated heterocycles. The number of rotatable bonds is 22. The molecule has 4 nitrogen and oxygen atoms in total. The summed E-state index contributed by atoms with van der Waals surface area (Å²) in [6.45, 7) is 5.06. The average molecular weight is 534 g/mol. The van der Waals surface area contributed by atoms with Crippen LogP contribution in [0.15, 0.2) is 30.3 Å². The molecule has 1 N–H and O–H groups in total. The summed E-state index contributed by atoms with van der Waals surface area (Å²) in [6, 6.07) is 10.2. The zero-order valence-corrected chi connectivity index (χ0v) is 24.5. The maximum atomic E-state index is 6.05. The molecule has 0 unspecified atom stereocenters. The Morgan fingerprint density at radius 3 is 2.00 bits per heavy atom. The van der Waals surface area contributed by atoms with Gasteiger partial charge in [0.25, 0.3) is 5.17 Å². The first-order chi connectivity index (χ1) is 18.3. The molecule has 37 heavy (non-hydrogen) atoms. The van der Waals surface area contributed by atoms with E-state index in [4.69, 9.17) is 26.4 Å². The van der Waals surface area contributed by atoms with Crippen LogP contribution in [-0.4, -0.2) is 37.1 Å². The lowest BCUT2D eigenvalue weighted by Gasteiger charge is -2.32. The van der Waals surface area contributed by atoms with Crippen molar-refractivity contribution in [2.24, 2.45) is 0 Å². The molecule has 2 atom stereocenters. The molecule has 1 heterocycles. The second kappa shape index (κ2) is 22.8. The SMILES string of the molecule is CCCCCCCCCCCCCCCCCCNC(=S)O[C@H]1CCCO[C@H]1COCc1ccccc1. The fourth-order valence-corrected chi connectivity index (χ4v) is 5.24. The Hall–Kier alpha value is -1.17. The third kappa shape index (κ3) is 17.1. The minimum atomic E-state index is -0.0623. The van der Waals surface area contributed by atoms with Crippen molar-refractivity contribution in [1.82, 2.24) is 5.32 Å². The van der Waals surface area contributed by atoms with Crippen LogP contribution in [0.3, 0.4) is 0 Å². The highest BCUT2D eigenvalue weighted by atomic mass is 32.1. The summed E-state index contributed by atoms with van der Waals surface area (Å²) in [5.41, 5.74) is 1.17. The van der Waals surface area contributed by atoms with Gasteiger partial charge in [0, 0.05) is 13.2 Å². The Balaban J connectivity index is 1.38. The first-order valence-electron chi connectivity index (χ1n) is 15.5. The van der Waals surface area contributed by atoms with E-state index in [9.17, 15) is 0 Å². The van der Waals surface area contributed by atoms with E-state index >= 15 is 0 Å². The minimum Gasteiger partial charge on any atom is -0.465 e. The topological polar surface area (TPSA) is 39.7 Å². The Morgan fingerprint density at radius 1 is 0.838 bits per heavy atom. The predicted octanol–water partition coefficient (Wildman–Crippen LogP) is 8.90. The van der Waals surface area contributed by atoms with Crippen LogP contribution in [0, 0.1) is 0 Å². The van der Waals surface area contributed by atoms with Crippen LogP contribution >= 0.6 is 12.2 Å². The van der Waals surface area contributed by atoms with Gasteiger partial charge in [-0.05, 0) is 37.0 Å². The molecule has 0 aliphatic carbocycles. The largest absolute Gasteiger partial charge is 0.465 e. The number of ether oxygens (including phenoxy) is 3. The van der Waals surface area contributed by atoms with E-state index in [1.165, 1.54) is 102 Å². The van der Waals surface area contributed by atoms with E-state index in [-0.39, 0.29) is 12.2 Å². The van der Waals surface area contributed by atoms with Crippen LogP contribution in [0.1, 0.15) is 128 Å². The molecule has 0 spiro atoms. The lowest BCUT2D eigenvalue weighted by atomic mass is 10.0. The molecule has 212 valence electrons. The molecule has 2 rings (SSSR count). The van der Waals surface area contributed by atoms with Crippen molar-refractivity contribution < 1.29 is 14.2 Å². The van der Waals surface area contributed by atoms with Gasteiger partial charge in [0.15, 0.2) is 0 Å². The summed E-state index contributed by atoms with van der Waals surface area (Å²) < 4.78 is 17.9. The molecule has 0 amide bonds. The molecule has 1 fully saturated rings. The highest BCUT2D eigenvalue weighted by molar-refractivity contribution is 7.80. The number of nitrogens with one attached hydrogen (secondary N) is 1. The van der Waals surface area contributed by atoms with Gasteiger partial charge in [-0.15, -0.1) is 0 Å². The van der Waals surface area contributed by atoms with Gasteiger partial charge in [-0.2, -0.15) is 0 Å². The second-order valence-corrected chi connectivity index (χ2v) is 11.1. The van der Waals surface area contributed by atoms with Gasteiger partial charge in [0.05, 0.1) is 13.2 Å². The lowest BCUT2D eigenvalue weighted by Crippen LogP contribution is -2.42. The third-order valence-electron chi connectivity index (χ3n) is 7.33. The highest BCUT2D eigenvalue weighted by Gasteiger charge is 2.28. The summed E-state index contributed by atoms with van der Waals surface area (Å²) >= 11 is 5.46. The Morgan fingerprint density at radius 2 is 1.41 bits per heavy atom. The monoisotopic (exact) mass is 533 g/mol. The Bertz CT molecular complexity index is 657. The number of benzene rings is 1. The van der Waals surface area contributed by atoms with Crippen LogP contribution < -0.4 is 5.32 Å². The van der Waals surface area contributed by atoms with Crippen molar-refractivity contribution >= 4 is 17.4 Å². The van der Waals surface area contributed by atoms with Crippen molar-refractivity contribution in [3.8, 4) is 0 Å². The maximum absolute atomic E-state index is 6.05. The van der Waals surface area contributed by atoms with E-state index in [0.717, 1.165) is 32.4 Å². The van der Waals surface area contributed by atoms with Crippen LogP contribution in [0.2, 0.25) is 0 Å². The normalized spacial score (nSPS) is 17.5. The zero-order valence-electron chi connectivity index (χ0n) is 23.7. The van der Waals surface area contributed by atoms with Gasteiger partial charge in [-0.25, -0.2) is 0 Å². The van der Waals surface area contributed by atoms with Crippen molar-refractivity contribution in [1.29, 1.82) is 0 Å². The molecule has 0 bridgehead atoms. The standard InChI is InChI=1S/C32H55NO3S/c1-2-3-4-5-6-7-8-9-10-11-12-13-14-15-16-20-25-33-32(37)36-30-24-21-26-35-31(30)28-34-27-29-22-18-17-19-23-29/h17-19,22-23,30-31H,2-16,20-21,24-28H2,1H3,(H,33,37)/t30-,31-/m0/s1. The molecule has 1 aromatic rings. The number of hydrogen-bond donors (Lipinski definition) is 1. The Labute approximate surface area is 233 Å². The summed E-state index contributed by atoms with van der Waals surface area (Å²) in [6.07, 6.45) is 24.1. The lowest BCUT2D eigenvalue weighted by molar-refractivity contribution is -0.105. The van der Waals surface area contributed by atoms with E-state index in [2.05, 4.69) is 24.4 Å². The molecule has 1 aliphatic rings. The number of hydrogen-bond acceptors (Lipinski definition) is 4. The zero-order chi connectivity index (χ0) is 26.2. The molecule has 5 heteroatoms. The van der Waals surface area contributed by atoms with Crippen LogP contribution in [-0.2, 0) is 20.8 Å². The first-order valence-corrected chi connectivity index (χ1v) is 15.9. The van der Waals surface area contributed by atoms with Crippen molar-refractivity contribution in [3.05, 3.63) is 35.9 Å². The first kappa shape index (κ1) is 32.0. The van der Waals surface area contributed by atoms with E-state index in [1.54, 1.807) is 0 Å². The summed E-state index contributed by atoms with van der Waals surface area (Å²) in [5, 5.41) is 3.80. The molecule has 1 aromatic carbocycles. The molecule has 0 aromatic heterocycles. The number of unbranched alkanes of at least 4 members (excludes halogenated alkanes) is 15. The van der Waals surface area contributed by atoms with Crippen LogP contribution in [0.4, 0.5) is 0 Å². The van der Waals surface area contributed by atoms with Crippen molar-refractivity contribution in [2.45, 2.75) is 141 Å². The van der Waals surface area contributed by atoms with Crippen molar-refractivity contribution in [2.75, 3.05) is 19.8 Å². The van der Waals surface area contributed by atoms with E-state index < -0.39 is 0 Å². The number of thiocarbonyl (C=S) groups is 1. The average Bonchev–Trinajstić information content (AvgIpc) is 2.92. The van der Waals surface area contributed by atoms with Crippen molar-refractivity contribution in [3.63, 3.8) is 0 Å². The molecular formula is C32H55NO3S. The van der Waals surface area contributed by atoms with Gasteiger partial charge in [0.2, 0.25) is 0 Å². The molecule has 0 saturated carbocycles. The highest BCUT2D eigenvalue weighted by Crippen LogP contribution is 2.19. The van der Waals surface area contributed by atoms with Gasteiger partial charge in [-0.3, -0.25) is 0 Å². The molecule has 0 radical (unpaired) electrons. The smallest absolute Gasteiger partial charge is 0.256 e. The quantitative estimate of drug-likeness (QED) is 0.119. The predicted molar refractivity (Wildman–Crippen MR) is 160 cm³/mol. The fourth-order valence-electron chi connectivity index (χ4n) is 5.01. The third-order valence-corrected chi connectivity index (χ3v) is 7.57. The summed E-state index contributed by atoms with van der Waals surface area (Å²) in [7, 11) is 0. The van der Waals surface area contributed by atoms with E-state index in [1.807, 2.05) is 18.2 Å². The van der Waals surface area contributed by atoms with Crippen LogP contribution in [0.5, 0.6) is 0 Å². The summed E-state index contributed by atoms with van der Waals surface area (Å²) in [4.78, 5) is 0. The fraction of sp³-hybridized carbons (Fsp3) is 0.781. The van der Waals surface area contributed by atoms with Crippen LogP contribution in [0.25, 0.3) is 0 Å². The maximum Gasteiger partial charge on any atom is 0.256 e. The molecule has 1 aliphatic heterocycles. The second-order valence-electron chi connectivity index (χ2n) is 10.7. The Kier molecular flexibility index (Phi) is 19.7. The molecular weight excluding hydrogens is 478 g/mol. The van der Waals surface area contributed by atoms with Gasteiger partial charge in [0.1, 0.15) is 12.2 Å². The minimum absolute atomic E-state index is 0.0321. The van der Waals surface area contributed by atoms with Gasteiger partial charge >= 0.3 is 0 Å². The van der Waals surface area contributed by atoms with E-state index in [0.29, 0.717) is 18.4 Å². The van der Waals surface area contributed by atoms with Gasteiger partial charge in [-0.1, -0.05) is 134 Å².